The first-order valence-electron chi connectivity index (χ1n) is 9.83. The minimum absolute atomic E-state index is 0.00618. The smallest absolute Gasteiger partial charge is 0.269 e. The van der Waals surface area contributed by atoms with Crippen molar-refractivity contribution in [2.75, 3.05) is 26.3 Å². The number of benzene rings is 2. The van der Waals surface area contributed by atoms with E-state index in [-0.39, 0.29) is 18.7 Å². The molecule has 0 radical (unpaired) electrons. The predicted octanol–water partition coefficient (Wildman–Crippen LogP) is 1.67. The molecule has 2 aromatic carbocycles. The summed E-state index contributed by atoms with van der Waals surface area (Å²) in [7, 11) is 0. The molecule has 158 valence electrons. The van der Waals surface area contributed by atoms with Gasteiger partial charge in [0.25, 0.3) is 5.91 Å². The second-order valence-corrected chi connectivity index (χ2v) is 6.79. The van der Waals surface area contributed by atoms with Crippen LogP contribution in [0.15, 0.2) is 54.6 Å². The summed E-state index contributed by atoms with van der Waals surface area (Å²) in [5.41, 5.74) is 6.03. The summed E-state index contributed by atoms with van der Waals surface area (Å²) < 4.78 is 10.9. The van der Waals surface area contributed by atoms with Crippen molar-refractivity contribution in [3.05, 3.63) is 65.7 Å². The molecule has 0 unspecified atom stereocenters. The largest absolute Gasteiger partial charge is 0.489 e. The third-order valence-corrected chi connectivity index (χ3v) is 4.61. The SMILES string of the molecule is O=C(CCC(=O)N1CCOCC1)NNC(=O)c1ccc(COc2ccccc2)cc1. The van der Waals surface area contributed by atoms with Crippen molar-refractivity contribution < 1.29 is 23.9 Å². The monoisotopic (exact) mass is 411 g/mol. The van der Waals surface area contributed by atoms with E-state index in [0.29, 0.717) is 38.5 Å². The Morgan fingerprint density at radius 1 is 0.900 bits per heavy atom. The van der Waals surface area contributed by atoms with Crippen LogP contribution in [0.25, 0.3) is 0 Å². The van der Waals surface area contributed by atoms with Crippen LogP contribution in [0.3, 0.4) is 0 Å². The summed E-state index contributed by atoms with van der Waals surface area (Å²) in [5.74, 6) is -0.168. The van der Waals surface area contributed by atoms with E-state index in [4.69, 9.17) is 9.47 Å². The number of hydrogen-bond donors (Lipinski definition) is 2. The van der Waals surface area contributed by atoms with Gasteiger partial charge in [-0.3, -0.25) is 25.2 Å². The molecule has 1 aliphatic heterocycles. The van der Waals surface area contributed by atoms with E-state index in [1.54, 1.807) is 29.2 Å². The Morgan fingerprint density at radius 3 is 2.30 bits per heavy atom. The first-order chi connectivity index (χ1) is 14.6. The molecule has 2 aromatic rings. The molecule has 8 heteroatoms. The number of amides is 3. The van der Waals surface area contributed by atoms with Gasteiger partial charge in [-0.15, -0.1) is 0 Å². The standard InChI is InChI=1S/C22H25N3O5/c26-20(10-11-21(27)25-12-14-29-15-13-25)23-24-22(28)18-8-6-17(7-9-18)16-30-19-4-2-1-3-5-19/h1-9H,10-16H2,(H,23,26)(H,24,28). The molecule has 0 saturated carbocycles. The van der Waals surface area contributed by atoms with E-state index >= 15 is 0 Å². The number of nitrogens with zero attached hydrogens (tertiary/aromatic N) is 1. The van der Waals surface area contributed by atoms with Crippen LogP contribution in [0.5, 0.6) is 5.75 Å². The molecule has 1 aliphatic rings. The zero-order chi connectivity index (χ0) is 21.2. The number of carbonyl (C=O) groups excluding carboxylic acids is 3. The Balaban J connectivity index is 1.37. The van der Waals surface area contributed by atoms with E-state index in [1.165, 1.54) is 0 Å². The summed E-state index contributed by atoms with van der Waals surface area (Å²) in [6.07, 6.45) is 0.101. The topological polar surface area (TPSA) is 97.0 Å². The van der Waals surface area contributed by atoms with Crippen LogP contribution in [-0.2, 0) is 20.9 Å². The molecule has 0 atom stereocenters. The van der Waals surface area contributed by atoms with Crippen LogP contribution in [0.4, 0.5) is 0 Å². The number of carbonyl (C=O) groups is 3. The molecular formula is C22H25N3O5. The fraction of sp³-hybridized carbons (Fsp3) is 0.318. The van der Waals surface area contributed by atoms with Crippen molar-refractivity contribution >= 4 is 17.7 Å². The quantitative estimate of drug-likeness (QED) is 0.676. The minimum Gasteiger partial charge on any atom is -0.489 e. The number of ether oxygens (including phenoxy) is 2. The maximum absolute atomic E-state index is 12.2. The molecule has 0 aliphatic carbocycles. The van der Waals surface area contributed by atoms with Gasteiger partial charge in [-0.1, -0.05) is 30.3 Å². The third-order valence-electron chi connectivity index (χ3n) is 4.61. The molecular weight excluding hydrogens is 386 g/mol. The predicted molar refractivity (Wildman–Crippen MR) is 109 cm³/mol. The fourth-order valence-electron chi connectivity index (χ4n) is 2.89. The molecule has 1 saturated heterocycles. The van der Waals surface area contributed by atoms with Crippen LogP contribution in [0.1, 0.15) is 28.8 Å². The van der Waals surface area contributed by atoms with Crippen molar-refractivity contribution in [1.29, 1.82) is 0 Å². The summed E-state index contributed by atoms with van der Waals surface area (Å²) in [6, 6.07) is 16.4. The number of para-hydroxylation sites is 1. The second-order valence-electron chi connectivity index (χ2n) is 6.79. The number of hydrogen-bond acceptors (Lipinski definition) is 5. The van der Waals surface area contributed by atoms with Gasteiger partial charge in [0.15, 0.2) is 0 Å². The number of nitrogens with one attached hydrogen (secondary N) is 2. The molecule has 1 heterocycles. The van der Waals surface area contributed by atoms with Crippen LogP contribution >= 0.6 is 0 Å². The number of hydrazine groups is 1. The van der Waals surface area contributed by atoms with Gasteiger partial charge in [-0.2, -0.15) is 0 Å². The second kappa shape index (κ2) is 11.0. The van der Waals surface area contributed by atoms with Crippen LogP contribution in [0.2, 0.25) is 0 Å². The Bertz CT molecular complexity index is 849. The van der Waals surface area contributed by atoms with Crippen LogP contribution in [0, 0.1) is 0 Å². The summed E-state index contributed by atoms with van der Waals surface area (Å²) in [6.45, 7) is 2.52. The molecule has 0 bridgehead atoms. The average Bonchev–Trinajstić information content (AvgIpc) is 2.81. The maximum Gasteiger partial charge on any atom is 0.269 e. The Labute approximate surface area is 175 Å². The van der Waals surface area contributed by atoms with Crippen molar-refractivity contribution in [2.45, 2.75) is 19.4 Å². The van der Waals surface area contributed by atoms with Crippen LogP contribution < -0.4 is 15.6 Å². The molecule has 3 rings (SSSR count). The van der Waals surface area contributed by atoms with Gasteiger partial charge >= 0.3 is 0 Å². The normalized spacial score (nSPS) is 13.4. The van der Waals surface area contributed by atoms with Crippen molar-refractivity contribution in [2.24, 2.45) is 0 Å². The molecule has 0 aromatic heterocycles. The first-order valence-corrected chi connectivity index (χ1v) is 9.83. The molecule has 8 nitrogen and oxygen atoms in total. The summed E-state index contributed by atoms with van der Waals surface area (Å²) in [4.78, 5) is 37.8. The van der Waals surface area contributed by atoms with Gasteiger partial charge in [-0.25, -0.2) is 0 Å². The van der Waals surface area contributed by atoms with E-state index in [2.05, 4.69) is 10.9 Å². The van der Waals surface area contributed by atoms with E-state index in [1.807, 2.05) is 30.3 Å². The Kier molecular flexibility index (Phi) is 7.79. The summed E-state index contributed by atoms with van der Waals surface area (Å²) in [5, 5.41) is 0. The Morgan fingerprint density at radius 2 is 1.60 bits per heavy atom. The van der Waals surface area contributed by atoms with Crippen molar-refractivity contribution in [3.63, 3.8) is 0 Å². The lowest BCUT2D eigenvalue weighted by atomic mass is 10.1. The van der Waals surface area contributed by atoms with Crippen LogP contribution in [-0.4, -0.2) is 48.9 Å². The lowest BCUT2D eigenvalue weighted by Crippen LogP contribution is -2.43. The third kappa shape index (κ3) is 6.59. The van der Waals surface area contributed by atoms with Gasteiger partial charge < -0.3 is 14.4 Å². The first kappa shape index (κ1) is 21.3. The van der Waals surface area contributed by atoms with Crippen molar-refractivity contribution in [3.8, 4) is 5.75 Å². The van der Waals surface area contributed by atoms with Gasteiger partial charge in [0.2, 0.25) is 11.8 Å². The van der Waals surface area contributed by atoms with Crippen molar-refractivity contribution in [1.82, 2.24) is 15.8 Å². The molecule has 0 spiro atoms. The van der Waals surface area contributed by atoms with Gasteiger partial charge in [-0.05, 0) is 29.8 Å². The Hall–Kier alpha value is -3.39. The summed E-state index contributed by atoms with van der Waals surface area (Å²) >= 11 is 0. The van der Waals surface area contributed by atoms with Gasteiger partial charge in [0.05, 0.1) is 13.2 Å². The van der Waals surface area contributed by atoms with E-state index in [0.717, 1.165) is 11.3 Å². The minimum atomic E-state index is -0.432. The average molecular weight is 411 g/mol. The van der Waals surface area contributed by atoms with E-state index < -0.39 is 11.8 Å². The highest BCUT2D eigenvalue weighted by molar-refractivity contribution is 5.95. The molecule has 30 heavy (non-hydrogen) atoms. The lowest BCUT2D eigenvalue weighted by Gasteiger charge is -2.26. The highest BCUT2D eigenvalue weighted by Crippen LogP contribution is 2.12. The molecule has 3 amide bonds. The number of morpholine rings is 1. The van der Waals surface area contributed by atoms with Gasteiger partial charge in [0, 0.05) is 31.5 Å². The zero-order valence-corrected chi connectivity index (χ0v) is 16.6. The maximum atomic E-state index is 12.2. The lowest BCUT2D eigenvalue weighted by molar-refractivity contribution is -0.137. The molecule has 2 N–H and O–H groups in total. The van der Waals surface area contributed by atoms with E-state index in [9.17, 15) is 14.4 Å². The highest BCUT2D eigenvalue weighted by Gasteiger charge is 2.17. The fourth-order valence-corrected chi connectivity index (χ4v) is 2.89. The zero-order valence-electron chi connectivity index (χ0n) is 16.6. The highest BCUT2D eigenvalue weighted by atomic mass is 16.5. The molecule has 1 fully saturated rings. The number of rotatable bonds is 7. The van der Waals surface area contributed by atoms with Gasteiger partial charge in [0.1, 0.15) is 12.4 Å².